The number of azide groups is 1. The number of hydrogen-bond donors (Lipinski definition) is 2. The highest BCUT2D eigenvalue weighted by Gasteiger charge is 2.57. The first-order valence-electron chi connectivity index (χ1n) is 6.15. The molecule has 1 amide bonds. The quantitative estimate of drug-likeness (QED) is 0.316. The molecule has 1 fully saturated rings. The molecule has 0 aromatic heterocycles. The van der Waals surface area contributed by atoms with Crippen LogP contribution in [0.15, 0.2) is 16.4 Å². The van der Waals surface area contributed by atoms with E-state index in [1.165, 1.54) is 13.2 Å². The maximum Gasteiger partial charge on any atom is 0.352 e. The molecule has 9 nitrogen and oxygen atoms in total. The molecule has 2 aliphatic heterocycles. The van der Waals surface area contributed by atoms with Crippen LogP contribution in [-0.4, -0.2) is 55.0 Å². The van der Waals surface area contributed by atoms with Gasteiger partial charge in [0.05, 0.1) is 18.1 Å². The van der Waals surface area contributed by atoms with Gasteiger partial charge in [0.25, 0.3) is 0 Å². The molecule has 114 valence electrons. The highest BCUT2D eigenvalue weighted by atomic mass is 32.2. The van der Waals surface area contributed by atoms with Crippen LogP contribution >= 0.6 is 0 Å². The molecule has 0 bridgehead atoms. The summed E-state index contributed by atoms with van der Waals surface area (Å²) < 4.78 is 11.7. The van der Waals surface area contributed by atoms with Crippen LogP contribution in [0.25, 0.3) is 10.4 Å². The van der Waals surface area contributed by atoms with Crippen LogP contribution in [0.1, 0.15) is 13.3 Å². The van der Waals surface area contributed by atoms with Crippen molar-refractivity contribution in [2.75, 3.05) is 6.26 Å². The van der Waals surface area contributed by atoms with Crippen molar-refractivity contribution in [3.8, 4) is 0 Å². The van der Waals surface area contributed by atoms with Crippen molar-refractivity contribution in [1.82, 2.24) is 4.90 Å². The minimum atomic E-state index is -1.61. The summed E-state index contributed by atoms with van der Waals surface area (Å²) in [6.07, 6.45) is 0.528. The lowest BCUT2D eigenvalue weighted by Crippen LogP contribution is -2.61. The van der Waals surface area contributed by atoms with Crippen molar-refractivity contribution in [2.24, 2.45) is 11.0 Å². The molecule has 0 spiro atoms. The highest BCUT2D eigenvalue weighted by molar-refractivity contribution is 7.85. The van der Waals surface area contributed by atoms with Crippen molar-refractivity contribution in [1.29, 1.82) is 0 Å². The summed E-state index contributed by atoms with van der Waals surface area (Å²) in [5, 5.41) is 21.2. The number of amides is 1. The Kier molecular flexibility index (Phi) is 4.04. The van der Waals surface area contributed by atoms with E-state index < -0.39 is 46.1 Å². The standard InChI is InChI=1S/C11H14N4O5S/c1-4(16)7-6-3-5(9(13-14-12)21(2)20)8(11(18)19)15(6)10(7)17/h4,6-7,9,16H,3H2,1-2H3,(H,18,19). The number of carboxylic acid groups (broad SMARTS) is 1. The fourth-order valence-electron chi connectivity index (χ4n) is 2.91. The molecule has 21 heavy (non-hydrogen) atoms. The predicted molar refractivity (Wildman–Crippen MR) is 72.1 cm³/mol. The van der Waals surface area contributed by atoms with Gasteiger partial charge in [-0.1, -0.05) is 5.11 Å². The number of aliphatic carboxylic acids is 1. The van der Waals surface area contributed by atoms with Crippen LogP contribution in [0.3, 0.4) is 0 Å². The van der Waals surface area contributed by atoms with Gasteiger partial charge >= 0.3 is 5.97 Å². The zero-order valence-corrected chi connectivity index (χ0v) is 12.1. The summed E-state index contributed by atoms with van der Waals surface area (Å²) >= 11 is 0. The number of hydrogen-bond acceptors (Lipinski definition) is 5. The summed E-state index contributed by atoms with van der Waals surface area (Å²) in [6, 6.07) is -0.487. The van der Waals surface area contributed by atoms with Crippen molar-refractivity contribution >= 4 is 22.7 Å². The number of nitrogens with zero attached hydrogens (tertiary/aromatic N) is 4. The number of aliphatic hydroxyl groups is 1. The van der Waals surface area contributed by atoms with E-state index >= 15 is 0 Å². The molecule has 1 saturated heterocycles. The molecule has 2 aliphatic rings. The van der Waals surface area contributed by atoms with E-state index in [0.717, 1.165) is 4.90 Å². The average molecular weight is 314 g/mol. The molecule has 10 heteroatoms. The Labute approximate surface area is 122 Å². The van der Waals surface area contributed by atoms with Crippen LogP contribution in [0.5, 0.6) is 0 Å². The normalized spacial score (nSPS) is 28.3. The number of rotatable bonds is 5. The lowest BCUT2D eigenvalue weighted by molar-refractivity contribution is -0.161. The third-order valence-corrected chi connectivity index (χ3v) is 4.74. The van der Waals surface area contributed by atoms with Crippen LogP contribution in [-0.2, 0) is 20.4 Å². The van der Waals surface area contributed by atoms with Gasteiger partial charge in [-0.2, -0.15) is 0 Å². The van der Waals surface area contributed by atoms with Crippen molar-refractivity contribution in [3.05, 3.63) is 21.7 Å². The van der Waals surface area contributed by atoms with Gasteiger partial charge in [-0.15, -0.1) is 0 Å². The summed E-state index contributed by atoms with van der Waals surface area (Å²) in [7, 11) is -1.61. The molecule has 0 aliphatic carbocycles. The molecule has 5 unspecified atom stereocenters. The van der Waals surface area contributed by atoms with Gasteiger partial charge in [0, 0.05) is 22.0 Å². The van der Waals surface area contributed by atoms with Crippen molar-refractivity contribution in [2.45, 2.75) is 30.9 Å². The maximum absolute atomic E-state index is 12.0. The topological polar surface area (TPSA) is 144 Å². The number of aliphatic hydroxyl groups excluding tert-OH is 1. The number of carbonyl (C=O) groups excluding carboxylic acids is 1. The Hall–Kier alpha value is -1.90. The van der Waals surface area contributed by atoms with Crippen molar-refractivity contribution in [3.63, 3.8) is 0 Å². The smallest absolute Gasteiger partial charge is 0.352 e. The van der Waals surface area contributed by atoms with Gasteiger partial charge in [-0.3, -0.25) is 9.00 Å². The number of carboxylic acids is 1. The maximum atomic E-state index is 12.0. The van der Waals surface area contributed by atoms with E-state index in [2.05, 4.69) is 10.0 Å². The molecular weight excluding hydrogens is 300 g/mol. The Bertz CT molecular complexity index is 608. The second kappa shape index (κ2) is 5.47. The fraction of sp³-hybridized carbons (Fsp3) is 0.636. The monoisotopic (exact) mass is 314 g/mol. The first kappa shape index (κ1) is 15.5. The second-order valence-electron chi connectivity index (χ2n) is 4.98. The van der Waals surface area contributed by atoms with E-state index in [1.54, 1.807) is 0 Å². The van der Waals surface area contributed by atoms with Crippen molar-refractivity contribution < 1.29 is 24.0 Å². The van der Waals surface area contributed by atoms with Gasteiger partial charge in [0.1, 0.15) is 11.1 Å². The molecule has 2 N–H and O–H groups in total. The molecule has 0 aromatic carbocycles. The minimum absolute atomic E-state index is 0.131. The van der Waals surface area contributed by atoms with Gasteiger partial charge in [0.15, 0.2) is 0 Å². The lowest BCUT2D eigenvalue weighted by atomic mass is 9.83. The minimum Gasteiger partial charge on any atom is -0.477 e. The van der Waals surface area contributed by atoms with Gasteiger partial charge in [-0.05, 0) is 24.4 Å². The summed E-state index contributed by atoms with van der Waals surface area (Å²) in [4.78, 5) is 27.1. The van der Waals surface area contributed by atoms with Crippen LogP contribution < -0.4 is 0 Å². The third kappa shape index (κ3) is 2.31. The van der Waals surface area contributed by atoms with Crippen LogP contribution in [0, 0.1) is 5.92 Å². The number of carbonyl (C=O) groups is 2. The van der Waals surface area contributed by atoms with E-state index in [0.29, 0.717) is 0 Å². The summed E-state index contributed by atoms with van der Waals surface area (Å²) in [5.41, 5.74) is 8.43. The van der Waals surface area contributed by atoms with E-state index in [9.17, 15) is 24.0 Å². The Morgan fingerprint density at radius 2 is 2.24 bits per heavy atom. The van der Waals surface area contributed by atoms with Crippen LogP contribution in [0.2, 0.25) is 0 Å². The zero-order valence-electron chi connectivity index (χ0n) is 11.3. The average Bonchev–Trinajstić information content (AvgIpc) is 2.70. The molecule has 5 atom stereocenters. The molecule has 2 rings (SSSR count). The Balaban J connectivity index is 2.46. The Morgan fingerprint density at radius 3 is 2.67 bits per heavy atom. The van der Waals surface area contributed by atoms with Gasteiger partial charge in [0.2, 0.25) is 5.91 Å². The predicted octanol–water partition coefficient (Wildman–Crippen LogP) is -0.0485. The van der Waals surface area contributed by atoms with Gasteiger partial charge in [-0.25, -0.2) is 4.79 Å². The van der Waals surface area contributed by atoms with E-state index in [1.807, 2.05) is 0 Å². The largest absolute Gasteiger partial charge is 0.477 e. The molecule has 0 saturated carbocycles. The first-order chi connectivity index (χ1) is 9.81. The molecule has 0 aromatic rings. The van der Waals surface area contributed by atoms with E-state index in [4.69, 9.17) is 5.53 Å². The number of β-lactam (4-membered cyclic amide) rings is 1. The highest BCUT2D eigenvalue weighted by Crippen LogP contribution is 2.45. The molecular formula is C11H14N4O5S. The SMILES string of the molecule is CC(O)C1C(=O)N2C(C(=O)O)=C(C(N=[N+]=[N-])S(C)=O)CC12. The summed E-state index contributed by atoms with van der Waals surface area (Å²) in [6.45, 7) is 1.46. The fourth-order valence-corrected chi connectivity index (χ4v) is 3.69. The number of fused-ring (bicyclic) bond motifs is 1. The second-order valence-corrected chi connectivity index (χ2v) is 6.42. The molecule has 0 radical (unpaired) electrons. The molecule has 2 heterocycles. The third-order valence-electron chi connectivity index (χ3n) is 3.73. The zero-order chi connectivity index (χ0) is 15.9. The Morgan fingerprint density at radius 1 is 1.62 bits per heavy atom. The van der Waals surface area contributed by atoms with Gasteiger partial charge < -0.3 is 15.1 Å². The van der Waals surface area contributed by atoms with Crippen LogP contribution in [0.4, 0.5) is 0 Å². The summed E-state index contributed by atoms with van der Waals surface area (Å²) in [5.74, 6) is -2.51. The van der Waals surface area contributed by atoms with E-state index in [-0.39, 0.29) is 17.7 Å². The lowest BCUT2D eigenvalue weighted by Gasteiger charge is -2.44. The first-order valence-corrected chi connectivity index (χ1v) is 7.77.